The average Bonchev–Trinajstić information content (AvgIpc) is 3.22. The minimum atomic E-state index is -1.17. The van der Waals surface area contributed by atoms with Gasteiger partial charge in [-0.25, -0.2) is 4.98 Å². The van der Waals surface area contributed by atoms with Gasteiger partial charge in [0, 0.05) is 25.2 Å². The minimum Gasteiger partial charge on any atom is -0.396 e. The number of anilines is 1. The second-order valence-electron chi connectivity index (χ2n) is 5.76. The quantitative estimate of drug-likeness (QED) is 0.715. The molecule has 1 atom stereocenters. The summed E-state index contributed by atoms with van der Waals surface area (Å²) in [5, 5.41) is 2.59. The molecule has 0 saturated carbocycles. The number of pyridine rings is 1. The topological polar surface area (TPSA) is 76.3 Å². The van der Waals surface area contributed by atoms with Crippen LogP contribution in [0.25, 0.3) is 20.8 Å². The van der Waals surface area contributed by atoms with Crippen LogP contribution in [-0.4, -0.2) is 39.8 Å². The van der Waals surface area contributed by atoms with Gasteiger partial charge in [0.15, 0.2) is 0 Å². The SMILES string of the molecule is CCCS(=O)c1sc2nc(-c3cccs3)cc(C(=O)N(C)C)c2c1N. The highest BCUT2D eigenvalue weighted by Gasteiger charge is 2.23. The highest BCUT2D eigenvalue weighted by atomic mass is 32.2. The van der Waals surface area contributed by atoms with Crippen molar-refractivity contribution >= 4 is 55.3 Å². The second kappa shape index (κ2) is 7.23. The first-order chi connectivity index (χ1) is 11.9. The van der Waals surface area contributed by atoms with Gasteiger partial charge < -0.3 is 10.6 Å². The number of thiophene rings is 2. The zero-order valence-electron chi connectivity index (χ0n) is 14.2. The van der Waals surface area contributed by atoms with Crippen molar-refractivity contribution in [3.8, 4) is 10.6 Å². The summed E-state index contributed by atoms with van der Waals surface area (Å²) in [6.07, 6.45) is 0.803. The van der Waals surface area contributed by atoms with Gasteiger partial charge in [0.1, 0.15) is 9.04 Å². The van der Waals surface area contributed by atoms with Crippen molar-refractivity contribution in [1.82, 2.24) is 9.88 Å². The van der Waals surface area contributed by atoms with Crippen molar-refractivity contribution in [1.29, 1.82) is 0 Å². The fourth-order valence-corrected chi connectivity index (χ4v) is 5.81. The van der Waals surface area contributed by atoms with E-state index in [0.717, 1.165) is 17.0 Å². The minimum absolute atomic E-state index is 0.137. The van der Waals surface area contributed by atoms with Crippen molar-refractivity contribution in [3.63, 3.8) is 0 Å². The molecule has 1 unspecified atom stereocenters. The Morgan fingerprint density at radius 1 is 1.40 bits per heavy atom. The molecule has 0 aliphatic carbocycles. The maximum Gasteiger partial charge on any atom is 0.254 e. The van der Waals surface area contributed by atoms with Crippen LogP contribution in [0, 0.1) is 0 Å². The van der Waals surface area contributed by atoms with Crippen molar-refractivity contribution in [2.45, 2.75) is 17.6 Å². The van der Waals surface area contributed by atoms with Gasteiger partial charge >= 0.3 is 0 Å². The zero-order chi connectivity index (χ0) is 18.1. The molecule has 3 aromatic heterocycles. The Morgan fingerprint density at radius 2 is 2.16 bits per heavy atom. The standard InChI is InChI=1S/C17H19N3O2S3/c1-4-8-25(22)17-14(18)13-10(16(21)20(2)3)9-11(19-15(13)24-17)12-6-5-7-23-12/h5-7,9H,4,8,18H2,1-3H3. The molecule has 0 spiro atoms. The van der Waals surface area contributed by atoms with Crippen LogP contribution in [0.15, 0.2) is 27.8 Å². The third-order valence-corrected chi connectivity index (χ3v) is 7.68. The van der Waals surface area contributed by atoms with E-state index in [0.29, 0.717) is 31.4 Å². The van der Waals surface area contributed by atoms with Crippen LogP contribution in [0.3, 0.4) is 0 Å². The molecule has 25 heavy (non-hydrogen) atoms. The molecule has 0 fully saturated rings. The first-order valence-electron chi connectivity index (χ1n) is 7.81. The van der Waals surface area contributed by atoms with Crippen molar-refractivity contribution in [2.24, 2.45) is 0 Å². The number of nitrogens with two attached hydrogens (primary N) is 1. The molecular formula is C17H19N3O2S3. The number of hydrogen-bond donors (Lipinski definition) is 1. The largest absolute Gasteiger partial charge is 0.396 e. The summed E-state index contributed by atoms with van der Waals surface area (Å²) in [5.41, 5.74) is 7.95. The molecule has 3 aromatic rings. The fraction of sp³-hybridized carbons (Fsp3) is 0.294. The summed E-state index contributed by atoms with van der Waals surface area (Å²) >= 11 is 2.89. The molecule has 0 aliphatic heterocycles. The summed E-state index contributed by atoms with van der Waals surface area (Å²) in [7, 11) is 2.24. The smallest absolute Gasteiger partial charge is 0.254 e. The van der Waals surface area contributed by atoms with Crippen LogP contribution in [0.4, 0.5) is 5.69 Å². The van der Waals surface area contributed by atoms with Gasteiger partial charge in [-0.15, -0.1) is 22.7 Å². The highest BCUT2D eigenvalue weighted by molar-refractivity contribution is 7.87. The molecule has 3 rings (SSSR count). The van der Waals surface area contributed by atoms with Crippen LogP contribution in [-0.2, 0) is 10.8 Å². The zero-order valence-corrected chi connectivity index (χ0v) is 16.7. The molecule has 0 radical (unpaired) electrons. The lowest BCUT2D eigenvalue weighted by molar-refractivity contribution is 0.0829. The van der Waals surface area contributed by atoms with Gasteiger partial charge in [0.2, 0.25) is 0 Å². The Bertz CT molecular complexity index is 946. The predicted molar refractivity (Wildman–Crippen MR) is 107 cm³/mol. The van der Waals surface area contributed by atoms with E-state index in [1.165, 1.54) is 16.2 Å². The van der Waals surface area contributed by atoms with E-state index < -0.39 is 10.8 Å². The van der Waals surface area contributed by atoms with Crippen LogP contribution in [0.5, 0.6) is 0 Å². The van der Waals surface area contributed by atoms with Gasteiger partial charge in [-0.2, -0.15) is 0 Å². The van der Waals surface area contributed by atoms with Gasteiger partial charge in [-0.05, 0) is 23.9 Å². The van der Waals surface area contributed by atoms with E-state index in [1.807, 2.05) is 24.4 Å². The van der Waals surface area contributed by atoms with Crippen LogP contribution >= 0.6 is 22.7 Å². The van der Waals surface area contributed by atoms with E-state index in [9.17, 15) is 9.00 Å². The number of hydrogen-bond acceptors (Lipinski definition) is 6. The summed E-state index contributed by atoms with van der Waals surface area (Å²) < 4.78 is 13.1. The molecule has 3 heterocycles. The molecule has 132 valence electrons. The lowest BCUT2D eigenvalue weighted by atomic mass is 10.1. The van der Waals surface area contributed by atoms with Crippen molar-refractivity contribution < 1.29 is 9.00 Å². The maximum atomic E-state index is 12.7. The third-order valence-electron chi connectivity index (χ3n) is 3.67. The molecule has 5 nitrogen and oxygen atoms in total. The molecule has 0 aromatic carbocycles. The highest BCUT2D eigenvalue weighted by Crippen LogP contribution is 2.39. The Morgan fingerprint density at radius 3 is 2.76 bits per heavy atom. The maximum absolute atomic E-state index is 12.7. The summed E-state index contributed by atoms with van der Waals surface area (Å²) in [6, 6.07) is 5.70. The number of carbonyl (C=O) groups excluding carboxylic acids is 1. The van der Waals surface area contributed by atoms with E-state index in [2.05, 4.69) is 4.98 Å². The Kier molecular flexibility index (Phi) is 5.21. The number of rotatable bonds is 5. The van der Waals surface area contributed by atoms with E-state index in [-0.39, 0.29) is 5.91 Å². The number of nitrogen functional groups attached to an aromatic ring is 1. The number of nitrogens with zero attached hydrogens (tertiary/aromatic N) is 2. The summed E-state index contributed by atoms with van der Waals surface area (Å²) in [4.78, 5) is 20.6. The Labute approximate surface area is 156 Å². The summed E-state index contributed by atoms with van der Waals surface area (Å²) in [5.74, 6) is 0.411. The number of aromatic nitrogens is 1. The second-order valence-corrected chi connectivity index (χ2v) is 9.48. The van der Waals surface area contributed by atoms with Crippen LogP contribution in [0.2, 0.25) is 0 Å². The fourth-order valence-electron chi connectivity index (χ4n) is 2.51. The van der Waals surface area contributed by atoms with Crippen LogP contribution < -0.4 is 5.73 Å². The van der Waals surface area contributed by atoms with Crippen molar-refractivity contribution in [3.05, 3.63) is 29.1 Å². The van der Waals surface area contributed by atoms with E-state index >= 15 is 0 Å². The van der Waals surface area contributed by atoms with Gasteiger partial charge in [0.05, 0.1) is 32.6 Å². The summed E-state index contributed by atoms with van der Waals surface area (Å²) in [6.45, 7) is 1.98. The van der Waals surface area contributed by atoms with Gasteiger partial charge in [-0.1, -0.05) is 13.0 Å². The first kappa shape index (κ1) is 18.0. The molecule has 1 amide bonds. The monoisotopic (exact) mass is 393 g/mol. The predicted octanol–water partition coefficient (Wildman–Crippen LogP) is 3.83. The first-order valence-corrected chi connectivity index (χ1v) is 10.8. The normalized spacial score (nSPS) is 12.4. The molecule has 8 heteroatoms. The van der Waals surface area contributed by atoms with Gasteiger partial charge in [-0.3, -0.25) is 9.00 Å². The number of amides is 1. The molecule has 0 aliphatic rings. The molecular weight excluding hydrogens is 374 g/mol. The number of carbonyl (C=O) groups is 1. The van der Waals surface area contributed by atoms with Crippen LogP contribution in [0.1, 0.15) is 23.7 Å². The van der Waals surface area contributed by atoms with E-state index in [1.54, 1.807) is 31.5 Å². The number of fused-ring (bicyclic) bond motifs is 1. The lowest BCUT2D eigenvalue weighted by Crippen LogP contribution is -2.22. The van der Waals surface area contributed by atoms with E-state index in [4.69, 9.17) is 5.73 Å². The average molecular weight is 394 g/mol. The molecule has 0 bridgehead atoms. The molecule has 2 N–H and O–H groups in total. The van der Waals surface area contributed by atoms with Crippen molar-refractivity contribution in [2.75, 3.05) is 25.6 Å². The Hall–Kier alpha value is -1.77. The Balaban J connectivity index is 2.28. The lowest BCUT2D eigenvalue weighted by Gasteiger charge is -2.12. The van der Waals surface area contributed by atoms with Gasteiger partial charge in [0.25, 0.3) is 5.91 Å². The third kappa shape index (κ3) is 3.33. The molecule has 0 saturated heterocycles.